The summed E-state index contributed by atoms with van der Waals surface area (Å²) in [5, 5.41) is 2.85. The van der Waals surface area contributed by atoms with Gasteiger partial charge in [-0.2, -0.15) is 0 Å². The van der Waals surface area contributed by atoms with Crippen molar-refractivity contribution in [3.8, 4) is 0 Å². The van der Waals surface area contributed by atoms with Crippen molar-refractivity contribution >= 4 is 17.6 Å². The average molecular weight is 353 g/mol. The third-order valence-electron chi connectivity index (χ3n) is 4.12. The Morgan fingerprint density at radius 2 is 1.65 bits per heavy atom. The fraction of sp³-hybridized carbons (Fsp3) is 0.364. The summed E-state index contributed by atoms with van der Waals surface area (Å²) in [4.78, 5) is 24.6. The van der Waals surface area contributed by atoms with Crippen LogP contribution >= 0.6 is 0 Å². The number of hydrogen-bond donors (Lipinski definition) is 1. The summed E-state index contributed by atoms with van der Waals surface area (Å²) in [6.45, 7) is 4.55. The van der Waals surface area contributed by atoms with Crippen molar-refractivity contribution in [1.82, 2.24) is 0 Å². The molecule has 26 heavy (non-hydrogen) atoms. The van der Waals surface area contributed by atoms with Gasteiger partial charge in [0, 0.05) is 11.3 Å². The predicted octanol–water partition coefficient (Wildman–Crippen LogP) is 5.37. The van der Waals surface area contributed by atoms with Gasteiger partial charge in [0.2, 0.25) is 0 Å². The summed E-state index contributed by atoms with van der Waals surface area (Å²) < 4.78 is 5.31. The van der Waals surface area contributed by atoms with Gasteiger partial charge in [-0.1, -0.05) is 50.8 Å². The highest BCUT2D eigenvalue weighted by Gasteiger charge is 2.12. The molecule has 4 nitrogen and oxygen atoms in total. The molecular weight excluding hydrogens is 326 g/mol. The van der Waals surface area contributed by atoms with E-state index in [0.717, 1.165) is 24.1 Å². The van der Waals surface area contributed by atoms with E-state index in [4.69, 9.17) is 4.74 Å². The standard InChI is InChI=1S/C22H27NO3/c1-3-4-5-6-7-14-26-22(25)19-12-9-11-18(16-19)21(24)23-20-13-8-10-17(2)15-20/h8-13,15-16H,3-7,14H2,1-2H3,(H,23,24). The largest absolute Gasteiger partial charge is 0.462 e. The van der Waals surface area contributed by atoms with Gasteiger partial charge in [0.15, 0.2) is 0 Å². The monoisotopic (exact) mass is 353 g/mol. The van der Waals surface area contributed by atoms with Crippen LogP contribution in [0.4, 0.5) is 5.69 Å². The Labute approximate surface area is 155 Å². The van der Waals surface area contributed by atoms with Crippen molar-refractivity contribution in [2.75, 3.05) is 11.9 Å². The van der Waals surface area contributed by atoms with Crippen LogP contribution in [-0.2, 0) is 4.74 Å². The lowest BCUT2D eigenvalue weighted by molar-refractivity contribution is 0.0497. The zero-order valence-corrected chi connectivity index (χ0v) is 15.6. The number of amides is 1. The molecule has 0 atom stereocenters. The van der Waals surface area contributed by atoms with E-state index in [1.54, 1.807) is 24.3 Å². The van der Waals surface area contributed by atoms with Gasteiger partial charge in [-0.15, -0.1) is 0 Å². The first-order chi connectivity index (χ1) is 12.6. The first kappa shape index (κ1) is 19.7. The molecule has 1 amide bonds. The van der Waals surface area contributed by atoms with Crippen LogP contribution in [0.5, 0.6) is 0 Å². The number of ether oxygens (including phenoxy) is 1. The molecule has 0 fully saturated rings. The van der Waals surface area contributed by atoms with E-state index in [0.29, 0.717) is 17.7 Å². The van der Waals surface area contributed by atoms with Crippen LogP contribution in [0.3, 0.4) is 0 Å². The van der Waals surface area contributed by atoms with Crippen LogP contribution in [0.15, 0.2) is 48.5 Å². The molecule has 0 unspecified atom stereocenters. The van der Waals surface area contributed by atoms with Gasteiger partial charge in [-0.05, 0) is 49.2 Å². The highest BCUT2D eigenvalue weighted by atomic mass is 16.5. The number of unbranched alkanes of at least 4 members (excludes halogenated alkanes) is 4. The number of hydrogen-bond acceptors (Lipinski definition) is 3. The molecule has 0 spiro atoms. The van der Waals surface area contributed by atoms with Crippen LogP contribution in [0.2, 0.25) is 0 Å². The van der Waals surface area contributed by atoms with E-state index in [1.807, 2.05) is 31.2 Å². The van der Waals surface area contributed by atoms with E-state index in [2.05, 4.69) is 12.2 Å². The van der Waals surface area contributed by atoms with Gasteiger partial charge < -0.3 is 10.1 Å². The normalized spacial score (nSPS) is 10.4. The number of esters is 1. The number of carbonyl (C=O) groups is 2. The maximum atomic E-state index is 12.4. The molecule has 0 saturated carbocycles. The van der Waals surface area contributed by atoms with Gasteiger partial charge in [0.05, 0.1) is 12.2 Å². The Morgan fingerprint density at radius 3 is 2.42 bits per heavy atom. The zero-order valence-electron chi connectivity index (χ0n) is 15.6. The molecule has 0 heterocycles. The van der Waals surface area contributed by atoms with E-state index < -0.39 is 0 Å². The predicted molar refractivity (Wildman–Crippen MR) is 105 cm³/mol. The Balaban J connectivity index is 1.90. The molecule has 0 saturated heterocycles. The van der Waals surface area contributed by atoms with Gasteiger partial charge in [-0.25, -0.2) is 4.79 Å². The minimum absolute atomic E-state index is 0.246. The lowest BCUT2D eigenvalue weighted by Crippen LogP contribution is -2.13. The summed E-state index contributed by atoms with van der Waals surface area (Å²) in [6.07, 6.45) is 5.52. The lowest BCUT2D eigenvalue weighted by atomic mass is 10.1. The lowest BCUT2D eigenvalue weighted by Gasteiger charge is -2.08. The first-order valence-corrected chi connectivity index (χ1v) is 9.25. The van der Waals surface area contributed by atoms with Crippen molar-refractivity contribution in [3.63, 3.8) is 0 Å². The van der Waals surface area contributed by atoms with Crippen molar-refractivity contribution in [2.24, 2.45) is 0 Å². The quantitative estimate of drug-likeness (QED) is 0.487. The fourth-order valence-corrected chi connectivity index (χ4v) is 2.67. The number of nitrogens with one attached hydrogen (secondary N) is 1. The molecule has 1 N–H and O–H groups in total. The third-order valence-corrected chi connectivity index (χ3v) is 4.12. The second-order valence-electron chi connectivity index (χ2n) is 6.45. The minimum Gasteiger partial charge on any atom is -0.462 e. The summed E-state index contributed by atoms with van der Waals surface area (Å²) in [6, 6.07) is 14.2. The average Bonchev–Trinajstić information content (AvgIpc) is 2.64. The van der Waals surface area contributed by atoms with Gasteiger partial charge >= 0.3 is 5.97 Å². The minimum atomic E-state index is -0.384. The Kier molecular flexibility index (Phi) is 7.87. The highest BCUT2D eigenvalue weighted by molar-refractivity contribution is 6.05. The van der Waals surface area contributed by atoms with E-state index in [1.165, 1.54) is 19.3 Å². The molecule has 0 aliphatic carbocycles. The second kappa shape index (κ2) is 10.4. The Bertz CT molecular complexity index is 740. The number of aryl methyl sites for hydroxylation is 1. The van der Waals surface area contributed by atoms with E-state index in [-0.39, 0.29) is 11.9 Å². The van der Waals surface area contributed by atoms with Gasteiger partial charge in [0.25, 0.3) is 5.91 Å². The molecular formula is C22H27NO3. The SMILES string of the molecule is CCCCCCCOC(=O)c1cccc(C(=O)Nc2cccc(C)c2)c1. The topological polar surface area (TPSA) is 55.4 Å². The molecule has 0 bridgehead atoms. The van der Waals surface area contributed by atoms with Gasteiger partial charge in [-0.3, -0.25) is 4.79 Å². The fourth-order valence-electron chi connectivity index (χ4n) is 2.67. The molecule has 2 aromatic carbocycles. The molecule has 0 aliphatic rings. The molecule has 2 aromatic rings. The number of rotatable bonds is 9. The van der Waals surface area contributed by atoms with Crippen LogP contribution in [0.25, 0.3) is 0 Å². The Hall–Kier alpha value is -2.62. The molecule has 0 aliphatic heterocycles. The molecule has 4 heteroatoms. The van der Waals surface area contributed by atoms with Crippen molar-refractivity contribution in [3.05, 3.63) is 65.2 Å². The molecule has 138 valence electrons. The van der Waals surface area contributed by atoms with Crippen LogP contribution in [-0.4, -0.2) is 18.5 Å². The highest BCUT2D eigenvalue weighted by Crippen LogP contribution is 2.13. The summed E-state index contributed by atoms with van der Waals surface area (Å²) in [5.74, 6) is -0.629. The van der Waals surface area contributed by atoms with Crippen molar-refractivity contribution in [1.29, 1.82) is 0 Å². The van der Waals surface area contributed by atoms with Crippen molar-refractivity contribution < 1.29 is 14.3 Å². The first-order valence-electron chi connectivity index (χ1n) is 9.25. The van der Waals surface area contributed by atoms with Crippen LogP contribution in [0, 0.1) is 6.92 Å². The Morgan fingerprint density at radius 1 is 0.923 bits per heavy atom. The summed E-state index contributed by atoms with van der Waals surface area (Å²) in [7, 11) is 0. The smallest absolute Gasteiger partial charge is 0.338 e. The van der Waals surface area contributed by atoms with Crippen LogP contribution < -0.4 is 5.32 Å². The zero-order chi connectivity index (χ0) is 18.8. The number of anilines is 1. The van der Waals surface area contributed by atoms with Crippen LogP contribution in [0.1, 0.15) is 65.3 Å². The molecule has 0 aromatic heterocycles. The van der Waals surface area contributed by atoms with E-state index in [9.17, 15) is 9.59 Å². The number of benzene rings is 2. The van der Waals surface area contributed by atoms with E-state index >= 15 is 0 Å². The maximum Gasteiger partial charge on any atom is 0.338 e. The molecule has 0 radical (unpaired) electrons. The summed E-state index contributed by atoms with van der Waals surface area (Å²) in [5.41, 5.74) is 2.63. The second-order valence-corrected chi connectivity index (χ2v) is 6.45. The maximum absolute atomic E-state index is 12.4. The number of carbonyl (C=O) groups excluding carboxylic acids is 2. The van der Waals surface area contributed by atoms with Gasteiger partial charge in [0.1, 0.15) is 0 Å². The third kappa shape index (κ3) is 6.36. The summed E-state index contributed by atoms with van der Waals surface area (Å²) >= 11 is 0. The molecule has 2 rings (SSSR count). The van der Waals surface area contributed by atoms with Crippen molar-refractivity contribution in [2.45, 2.75) is 46.0 Å².